The van der Waals surface area contributed by atoms with Crippen LogP contribution in [0.3, 0.4) is 0 Å². The Morgan fingerprint density at radius 3 is 2.50 bits per heavy atom. The van der Waals surface area contributed by atoms with Crippen LogP contribution in [0.4, 0.5) is 0 Å². The van der Waals surface area contributed by atoms with Gasteiger partial charge in [0.15, 0.2) is 0 Å². The van der Waals surface area contributed by atoms with Crippen molar-refractivity contribution in [2.24, 2.45) is 5.92 Å². The zero-order chi connectivity index (χ0) is 13.3. The molecular formula is C15H27N3. The lowest BCUT2D eigenvalue weighted by Gasteiger charge is -2.38. The molecule has 1 aliphatic rings. The summed E-state index contributed by atoms with van der Waals surface area (Å²) in [7, 11) is 0. The lowest BCUT2D eigenvalue weighted by molar-refractivity contribution is 0.157. The van der Waals surface area contributed by atoms with Crippen LogP contribution in [0.15, 0.2) is 0 Å². The average molecular weight is 249 g/mol. The van der Waals surface area contributed by atoms with Gasteiger partial charge in [-0.2, -0.15) is 5.10 Å². The first-order valence-electron chi connectivity index (χ1n) is 7.32. The molecule has 1 N–H and O–H groups in total. The Balaban J connectivity index is 2.08. The fourth-order valence-electron chi connectivity index (χ4n) is 3.03. The third kappa shape index (κ3) is 2.46. The summed E-state index contributed by atoms with van der Waals surface area (Å²) in [5.74, 6) is 0.759. The topological polar surface area (TPSA) is 29.9 Å². The zero-order valence-electron chi connectivity index (χ0n) is 12.5. The summed E-state index contributed by atoms with van der Waals surface area (Å²) in [5.41, 5.74) is 4.05. The lowest BCUT2D eigenvalue weighted by Crippen LogP contribution is -2.39. The summed E-state index contributed by atoms with van der Waals surface area (Å²) in [5, 5.41) is 8.33. The van der Waals surface area contributed by atoms with E-state index in [4.69, 9.17) is 5.10 Å². The molecule has 1 aliphatic carbocycles. The minimum absolute atomic E-state index is 0.581. The molecule has 0 saturated heterocycles. The molecule has 3 nitrogen and oxygen atoms in total. The molecule has 0 bridgehead atoms. The molecule has 1 heterocycles. The summed E-state index contributed by atoms with van der Waals surface area (Å²) < 4.78 is 2.30. The number of nitrogens with zero attached hydrogens (tertiary/aromatic N) is 2. The monoisotopic (exact) mass is 249 g/mol. The van der Waals surface area contributed by atoms with Crippen molar-refractivity contribution in [2.75, 3.05) is 6.54 Å². The Hall–Kier alpha value is -0.830. The fraction of sp³-hybridized carbons (Fsp3) is 0.800. The first-order valence-corrected chi connectivity index (χ1v) is 7.32. The predicted octanol–water partition coefficient (Wildman–Crippen LogP) is 3.01. The highest BCUT2D eigenvalue weighted by Crippen LogP contribution is 2.39. The van der Waals surface area contributed by atoms with Gasteiger partial charge in [-0.25, -0.2) is 0 Å². The van der Waals surface area contributed by atoms with Gasteiger partial charge in [0.2, 0.25) is 0 Å². The van der Waals surface area contributed by atoms with E-state index in [1.165, 1.54) is 29.8 Å². The third-order valence-electron chi connectivity index (χ3n) is 4.31. The first kappa shape index (κ1) is 13.6. The van der Waals surface area contributed by atoms with E-state index in [1.54, 1.807) is 0 Å². The molecule has 0 aliphatic heterocycles. The summed E-state index contributed by atoms with van der Waals surface area (Å²) in [6.45, 7) is 12.1. The number of hydrogen-bond acceptors (Lipinski definition) is 2. The van der Waals surface area contributed by atoms with Gasteiger partial charge in [0.1, 0.15) is 0 Å². The number of hydrogen-bond donors (Lipinski definition) is 1. The van der Waals surface area contributed by atoms with E-state index in [9.17, 15) is 0 Å². The Bertz CT molecular complexity index is 406. The summed E-state index contributed by atoms with van der Waals surface area (Å²) >= 11 is 0. The highest BCUT2D eigenvalue weighted by molar-refractivity contribution is 5.25. The van der Waals surface area contributed by atoms with Crippen molar-refractivity contribution in [3.8, 4) is 0 Å². The molecule has 1 fully saturated rings. The number of rotatable bonds is 5. The molecule has 0 spiro atoms. The van der Waals surface area contributed by atoms with E-state index in [1.807, 2.05) is 0 Å². The van der Waals surface area contributed by atoms with Crippen molar-refractivity contribution in [1.82, 2.24) is 15.1 Å². The van der Waals surface area contributed by atoms with Gasteiger partial charge < -0.3 is 5.32 Å². The van der Waals surface area contributed by atoms with Crippen molar-refractivity contribution in [3.05, 3.63) is 17.0 Å². The molecule has 1 aromatic rings. The molecule has 3 heteroatoms. The maximum absolute atomic E-state index is 4.77. The van der Waals surface area contributed by atoms with Crippen LogP contribution in [0.25, 0.3) is 0 Å². The van der Waals surface area contributed by atoms with Gasteiger partial charge in [0.25, 0.3) is 0 Å². The molecule has 0 aromatic carbocycles. The standard InChI is InChI=1S/C15H27N3/c1-6-14-11(4)17-18(12(14)5)15-8-7-13(15)9-16-10(2)3/h10,13,15-16H,6-9H2,1-5H3. The normalized spacial score (nSPS) is 23.4. The number of nitrogens with one attached hydrogen (secondary N) is 1. The molecule has 1 aromatic heterocycles. The molecule has 2 rings (SSSR count). The summed E-state index contributed by atoms with van der Waals surface area (Å²) in [6, 6.07) is 1.20. The van der Waals surface area contributed by atoms with Crippen molar-refractivity contribution < 1.29 is 0 Å². The smallest absolute Gasteiger partial charge is 0.0628 e. The molecule has 1 saturated carbocycles. The van der Waals surface area contributed by atoms with Crippen LogP contribution < -0.4 is 5.32 Å². The van der Waals surface area contributed by atoms with Gasteiger partial charge in [0.05, 0.1) is 11.7 Å². The van der Waals surface area contributed by atoms with Gasteiger partial charge in [-0.3, -0.25) is 4.68 Å². The maximum Gasteiger partial charge on any atom is 0.0628 e. The minimum Gasteiger partial charge on any atom is -0.314 e. The molecule has 2 unspecified atom stereocenters. The number of aromatic nitrogens is 2. The van der Waals surface area contributed by atoms with Gasteiger partial charge >= 0.3 is 0 Å². The third-order valence-corrected chi connectivity index (χ3v) is 4.31. The van der Waals surface area contributed by atoms with E-state index >= 15 is 0 Å². The summed E-state index contributed by atoms with van der Waals surface area (Å²) in [4.78, 5) is 0. The molecule has 18 heavy (non-hydrogen) atoms. The van der Waals surface area contributed by atoms with Gasteiger partial charge in [-0.15, -0.1) is 0 Å². The first-order chi connectivity index (χ1) is 8.54. The van der Waals surface area contributed by atoms with Crippen molar-refractivity contribution in [1.29, 1.82) is 0 Å². The van der Waals surface area contributed by atoms with Crippen LogP contribution in [0.2, 0.25) is 0 Å². The highest BCUT2D eigenvalue weighted by Gasteiger charge is 2.34. The molecular weight excluding hydrogens is 222 g/mol. The van der Waals surface area contributed by atoms with Crippen LogP contribution in [0, 0.1) is 19.8 Å². The Labute approximate surface area is 111 Å². The second-order valence-corrected chi connectivity index (χ2v) is 5.92. The largest absolute Gasteiger partial charge is 0.314 e. The van der Waals surface area contributed by atoms with Crippen LogP contribution in [0.1, 0.15) is 56.6 Å². The quantitative estimate of drug-likeness (QED) is 0.869. The molecule has 0 radical (unpaired) electrons. The van der Waals surface area contributed by atoms with E-state index in [-0.39, 0.29) is 0 Å². The Kier molecular flexibility index (Phi) is 4.10. The van der Waals surface area contributed by atoms with Gasteiger partial charge in [-0.05, 0) is 44.6 Å². The van der Waals surface area contributed by atoms with Crippen molar-refractivity contribution in [2.45, 2.75) is 66.0 Å². The second-order valence-electron chi connectivity index (χ2n) is 5.92. The van der Waals surface area contributed by atoms with Crippen LogP contribution in [0.5, 0.6) is 0 Å². The average Bonchev–Trinajstić information content (AvgIpc) is 2.52. The van der Waals surface area contributed by atoms with Crippen molar-refractivity contribution >= 4 is 0 Å². The van der Waals surface area contributed by atoms with Crippen LogP contribution in [-0.2, 0) is 6.42 Å². The lowest BCUT2D eigenvalue weighted by atomic mass is 9.79. The Morgan fingerprint density at radius 1 is 1.33 bits per heavy atom. The second kappa shape index (κ2) is 5.43. The molecule has 2 atom stereocenters. The fourth-order valence-corrected chi connectivity index (χ4v) is 3.03. The van der Waals surface area contributed by atoms with E-state index < -0.39 is 0 Å². The SMILES string of the molecule is CCc1c(C)nn(C2CCC2CNC(C)C)c1C. The molecule has 0 amide bonds. The molecule has 102 valence electrons. The van der Waals surface area contributed by atoms with Gasteiger partial charge in [0, 0.05) is 18.3 Å². The van der Waals surface area contributed by atoms with Gasteiger partial charge in [-0.1, -0.05) is 20.8 Å². The van der Waals surface area contributed by atoms with Crippen molar-refractivity contribution in [3.63, 3.8) is 0 Å². The zero-order valence-corrected chi connectivity index (χ0v) is 12.5. The van der Waals surface area contributed by atoms with Crippen LogP contribution >= 0.6 is 0 Å². The van der Waals surface area contributed by atoms with E-state index in [2.05, 4.69) is 44.6 Å². The predicted molar refractivity (Wildman–Crippen MR) is 76.0 cm³/mol. The number of aryl methyl sites for hydroxylation is 1. The summed E-state index contributed by atoms with van der Waals surface area (Å²) in [6.07, 6.45) is 3.72. The maximum atomic E-state index is 4.77. The Morgan fingerprint density at radius 2 is 2.06 bits per heavy atom. The minimum atomic E-state index is 0.581. The van der Waals surface area contributed by atoms with E-state index in [0.717, 1.165) is 18.9 Å². The highest BCUT2D eigenvalue weighted by atomic mass is 15.3. The van der Waals surface area contributed by atoms with Crippen LogP contribution in [-0.4, -0.2) is 22.4 Å². The van der Waals surface area contributed by atoms with E-state index in [0.29, 0.717) is 12.1 Å².